The zero-order valence-corrected chi connectivity index (χ0v) is 15.2. The smallest absolute Gasteiger partial charge is 0.189 e. The van der Waals surface area contributed by atoms with Crippen LogP contribution in [0.25, 0.3) is 0 Å². The van der Waals surface area contributed by atoms with E-state index in [-0.39, 0.29) is 5.82 Å². The summed E-state index contributed by atoms with van der Waals surface area (Å²) in [6.07, 6.45) is 4.96. The molecule has 0 radical (unpaired) electrons. The zero-order valence-electron chi connectivity index (χ0n) is 13.6. The van der Waals surface area contributed by atoms with Crippen LogP contribution in [0.4, 0.5) is 10.1 Å². The van der Waals surface area contributed by atoms with Crippen molar-refractivity contribution in [3.8, 4) is 0 Å². The third-order valence-corrected chi connectivity index (χ3v) is 3.75. The molecule has 0 aliphatic heterocycles. The fourth-order valence-electron chi connectivity index (χ4n) is 1.97. The average Bonchev–Trinajstić information content (AvgIpc) is 2.53. The van der Waals surface area contributed by atoms with Gasteiger partial charge in [-0.15, -0.1) is 0 Å². The first-order valence-corrected chi connectivity index (χ1v) is 8.69. The second-order valence-corrected chi connectivity index (χ2v) is 6.34. The van der Waals surface area contributed by atoms with Crippen LogP contribution in [-0.2, 0) is 0 Å². The molecule has 23 heavy (non-hydrogen) atoms. The highest BCUT2D eigenvalue weighted by Gasteiger charge is 2.03. The SMILES string of the molecule is CCCCC[C@@H](C)CNC(=S)NNC(=S)Nc1ccc(F)cc1. The molecule has 0 fully saturated rings. The number of nitrogens with one attached hydrogen (secondary N) is 4. The van der Waals surface area contributed by atoms with Crippen molar-refractivity contribution in [2.24, 2.45) is 5.92 Å². The predicted molar refractivity (Wildman–Crippen MR) is 103 cm³/mol. The van der Waals surface area contributed by atoms with Crippen molar-refractivity contribution < 1.29 is 4.39 Å². The third kappa shape index (κ3) is 9.30. The number of benzene rings is 1. The number of hydrogen-bond acceptors (Lipinski definition) is 2. The molecule has 128 valence electrons. The van der Waals surface area contributed by atoms with Gasteiger partial charge >= 0.3 is 0 Å². The second-order valence-electron chi connectivity index (χ2n) is 5.52. The lowest BCUT2D eigenvalue weighted by Crippen LogP contribution is -2.48. The molecule has 0 saturated heterocycles. The molecule has 0 heterocycles. The van der Waals surface area contributed by atoms with E-state index in [1.54, 1.807) is 12.1 Å². The Hall–Kier alpha value is -1.47. The van der Waals surface area contributed by atoms with Crippen molar-refractivity contribution in [2.75, 3.05) is 11.9 Å². The first-order chi connectivity index (χ1) is 11.0. The Kier molecular flexibility index (Phi) is 9.47. The van der Waals surface area contributed by atoms with Crippen LogP contribution < -0.4 is 21.5 Å². The van der Waals surface area contributed by atoms with Gasteiger partial charge in [0.05, 0.1) is 0 Å². The van der Waals surface area contributed by atoms with Crippen LogP contribution in [0, 0.1) is 11.7 Å². The van der Waals surface area contributed by atoms with Crippen LogP contribution in [0.2, 0.25) is 0 Å². The maximum absolute atomic E-state index is 12.8. The van der Waals surface area contributed by atoms with Crippen LogP contribution in [0.15, 0.2) is 24.3 Å². The van der Waals surface area contributed by atoms with E-state index >= 15 is 0 Å². The average molecular weight is 357 g/mol. The van der Waals surface area contributed by atoms with Gasteiger partial charge in [-0.25, -0.2) is 4.39 Å². The van der Waals surface area contributed by atoms with E-state index in [1.165, 1.54) is 37.8 Å². The Bertz CT molecular complexity index is 493. The highest BCUT2D eigenvalue weighted by molar-refractivity contribution is 7.80. The van der Waals surface area contributed by atoms with Gasteiger partial charge in [0.2, 0.25) is 0 Å². The molecule has 0 unspecified atom stereocenters. The van der Waals surface area contributed by atoms with Crippen LogP contribution in [0.3, 0.4) is 0 Å². The first kappa shape index (κ1) is 19.6. The normalized spacial score (nSPS) is 11.4. The van der Waals surface area contributed by atoms with Crippen molar-refractivity contribution >= 4 is 40.3 Å². The van der Waals surface area contributed by atoms with E-state index in [0.29, 0.717) is 21.8 Å². The van der Waals surface area contributed by atoms with Gasteiger partial charge in [0, 0.05) is 12.2 Å². The lowest BCUT2D eigenvalue weighted by atomic mass is 10.0. The molecule has 0 aromatic heterocycles. The molecule has 7 heteroatoms. The molecule has 0 bridgehead atoms. The molecule has 1 atom stereocenters. The van der Waals surface area contributed by atoms with Gasteiger partial charge < -0.3 is 10.6 Å². The molecular formula is C16H25FN4S2. The zero-order chi connectivity index (χ0) is 17.1. The van der Waals surface area contributed by atoms with E-state index in [2.05, 4.69) is 35.3 Å². The molecular weight excluding hydrogens is 331 g/mol. The maximum Gasteiger partial charge on any atom is 0.189 e. The summed E-state index contributed by atoms with van der Waals surface area (Å²) in [5.74, 6) is 0.288. The number of anilines is 1. The minimum absolute atomic E-state index is 0.286. The first-order valence-electron chi connectivity index (χ1n) is 7.87. The number of thiocarbonyl (C=S) groups is 2. The van der Waals surface area contributed by atoms with Crippen molar-refractivity contribution in [3.63, 3.8) is 0 Å². The standard InChI is InChI=1S/C16H25FN4S2/c1-3-4-5-6-12(2)11-18-15(22)20-21-16(23)19-14-9-7-13(17)8-10-14/h7-10,12H,3-6,11H2,1-2H3,(H2,18,20,22)(H2,19,21,23)/t12-/m1/s1. The van der Waals surface area contributed by atoms with Crippen molar-refractivity contribution in [1.82, 2.24) is 16.2 Å². The van der Waals surface area contributed by atoms with Gasteiger partial charge in [-0.05, 0) is 61.0 Å². The van der Waals surface area contributed by atoms with E-state index in [4.69, 9.17) is 24.4 Å². The monoisotopic (exact) mass is 356 g/mol. The molecule has 1 aromatic rings. The summed E-state index contributed by atoms with van der Waals surface area (Å²) in [5.41, 5.74) is 6.33. The number of hydrogen-bond donors (Lipinski definition) is 4. The number of rotatable bonds is 7. The Morgan fingerprint density at radius 1 is 1.09 bits per heavy atom. The maximum atomic E-state index is 12.8. The Balaban J connectivity index is 2.17. The molecule has 1 aromatic carbocycles. The van der Waals surface area contributed by atoms with Crippen LogP contribution >= 0.6 is 24.4 Å². The van der Waals surface area contributed by atoms with Gasteiger partial charge in [-0.2, -0.15) is 0 Å². The molecule has 0 saturated carbocycles. The Morgan fingerprint density at radius 2 is 1.74 bits per heavy atom. The predicted octanol–water partition coefficient (Wildman–Crippen LogP) is 3.71. The van der Waals surface area contributed by atoms with Gasteiger partial charge in [0.15, 0.2) is 10.2 Å². The highest BCUT2D eigenvalue weighted by Crippen LogP contribution is 2.08. The fourth-order valence-corrected chi connectivity index (χ4v) is 2.27. The van der Waals surface area contributed by atoms with Gasteiger partial charge in [-0.1, -0.05) is 33.1 Å². The van der Waals surface area contributed by atoms with E-state index in [1.807, 2.05) is 0 Å². The lowest BCUT2D eigenvalue weighted by Gasteiger charge is -2.16. The van der Waals surface area contributed by atoms with Crippen molar-refractivity contribution in [1.29, 1.82) is 0 Å². The van der Waals surface area contributed by atoms with E-state index in [9.17, 15) is 4.39 Å². The fraction of sp³-hybridized carbons (Fsp3) is 0.500. The Morgan fingerprint density at radius 3 is 2.39 bits per heavy atom. The summed E-state index contributed by atoms with van der Waals surface area (Å²) in [7, 11) is 0. The largest absolute Gasteiger partial charge is 0.361 e. The van der Waals surface area contributed by atoms with E-state index in [0.717, 1.165) is 6.54 Å². The van der Waals surface area contributed by atoms with Crippen LogP contribution in [-0.4, -0.2) is 16.8 Å². The van der Waals surface area contributed by atoms with Gasteiger partial charge in [-0.3, -0.25) is 10.9 Å². The minimum Gasteiger partial charge on any atom is -0.361 e. The number of unbranched alkanes of at least 4 members (excludes halogenated alkanes) is 2. The second kappa shape index (κ2) is 11.1. The summed E-state index contributed by atoms with van der Waals surface area (Å²) >= 11 is 10.3. The minimum atomic E-state index is -0.286. The quantitative estimate of drug-likeness (QED) is 0.339. The molecule has 4 N–H and O–H groups in total. The molecule has 0 aliphatic carbocycles. The molecule has 4 nitrogen and oxygen atoms in total. The third-order valence-electron chi connectivity index (χ3n) is 3.30. The molecule has 0 amide bonds. The number of hydrazine groups is 1. The summed E-state index contributed by atoms with van der Waals surface area (Å²) in [5, 5.41) is 6.94. The topological polar surface area (TPSA) is 48.1 Å². The van der Waals surface area contributed by atoms with Crippen molar-refractivity contribution in [2.45, 2.75) is 39.5 Å². The molecule has 1 rings (SSSR count). The van der Waals surface area contributed by atoms with Crippen LogP contribution in [0.1, 0.15) is 39.5 Å². The summed E-state index contributed by atoms with van der Waals surface area (Å²) in [6.45, 7) is 5.24. The lowest BCUT2D eigenvalue weighted by molar-refractivity contribution is 0.486. The van der Waals surface area contributed by atoms with Crippen LogP contribution in [0.5, 0.6) is 0 Å². The van der Waals surface area contributed by atoms with Crippen molar-refractivity contribution in [3.05, 3.63) is 30.1 Å². The summed E-state index contributed by atoms with van der Waals surface area (Å²) < 4.78 is 12.8. The summed E-state index contributed by atoms with van der Waals surface area (Å²) in [4.78, 5) is 0. The molecule has 0 aliphatic rings. The van der Waals surface area contributed by atoms with E-state index < -0.39 is 0 Å². The highest BCUT2D eigenvalue weighted by atomic mass is 32.1. The summed E-state index contributed by atoms with van der Waals surface area (Å²) in [6, 6.07) is 5.95. The Labute approximate surface area is 148 Å². The molecule has 0 spiro atoms. The number of halogens is 1. The van der Waals surface area contributed by atoms with Gasteiger partial charge in [0.25, 0.3) is 0 Å². The van der Waals surface area contributed by atoms with Gasteiger partial charge in [0.1, 0.15) is 5.82 Å².